The van der Waals surface area contributed by atoms with Gasteiger partial charge in [0.2, 0.25) is 10.0 Å². The average molecular weight is 286 g/mol. The first kappa shape index (κ1) is 14.3. The molecule has 0 aromatic heterocycles. The first-order valence-electron chi connectivity index (χ1n) is 6.04. The molecule has 1 atom stereocenters. The monoisotopic (exact) mass is 286 g/mol. The molecule has 1 fully saturated rings. The lowest BCUT2D eigenvalue weighted by Gasteiger charge is -2.23. The summed E-state index contributed by atoms with van der Waals surface area (Å²) in [6.07, 6.45) is -0.245. The molecule has 0 radical (unpaired) electrons. The van der Waals surface area contributed by atoms with E-state index in [9.17, 15) is 8.42 Å². The fourth-order valence-electron chi connectivity index (χ4n) is 1.84. The highest BCUT2D eigenvalue weighted by Crippen LogP contribution is 2.18. The van der Waals surface area contributed by atoms with Crippen molar-refractivity contribution in [1.29, 1.82) is 0 Å². The standard InChI is InChI=1S/C12H18N2O4S/c1-9-2-3-10(13)6-12(9)19(15,16)14-7-11-8-17-4-5-18-11/h2-3,6,11,14H,4-5,7-8,13H2,1H3. The average Bonchev–Trinajstić information content (AvgIpc) is 2.40. The minimum Gasteiger partial charge on any atom is -0.399 e. The second kappa shape index (κ2) is 5.87. The molecule has 0 amide bonds. The molecule has 1 aliphatic rings. The van der Waals surface area contributed by atoms with Gasteiger partial charge in [0.05, 0.1) is 30.8 Å². The molecule has 106 valence electrons. The Kier molecular flexibility index (Phi) is 4.41. The zero-order valence-corrected chi connectivity index (χ0v) is 11.6. The number of hydrogen-bond acceptors (Lipinski definition) is 5. The van der Waals surface area contributed by atoms with Crippen LogP contribution in [0.25, 0.3) is 0 Å². The van der Waals surface area contributed by atoms with Crippen LogP contribution >= 0.6 is 0 Å². The lowest BCUT2D eigenvalue weighted by Crippen LogP contribution is -2.39. The van der Waals surface area contributed by atoms with E-state index >= 15 is 0 Å². The minimum atomic E-state index is -3.58. The van der Waals surface area contributed by atoms with Gasteiger partial charge >= 0.3 is 0 Å². The molecule has 1 aromatic rings. The van der Waals surface area contributed by atoms with Crippen LogP contribution in [0.15, 0.2) is 23.1 Å². The summed E-state index contributed by atoms with van der Waals surface area (Å²) in [5.74, 6) is 0. The Morgan fingerprint density at radius 1 is 1.42 bits per heavy atom. The van der Waals surface area contributed by atoms with Crippen molar-refractivity contribution in [2.75, 3.05) is 32.1 Å². The van der Waals surface area contributed by atoms with E-state index in [0.717, 1.165) is 0 Å². The van der Waals surface area contributed by atoms with E-state index in [4.69, 9.17) is 15.2 Å². The van der Waals surface area contributed by atoms with Crippen molar-refractivity contribution in [2.24, 2.45) is 0 Å². The molecule has 1 saturated heterocycles. The fourth-order valence-corrected chi connectivity index (χ4v) is 3.19. The van der Waals surface area contributed by atoms with Gasteiger partial charge < -0.3 is 15.2 Å². The molecule has 1 aromatic carbocycles. The van der Waals surface area contributed by atoms with Crippen molar-refractivity contribution in [2.45, 2.75) is 17.9 Å². The molecule has 1 aliphatic heterocycles. The second-order valence-corrected chi connectivity index (χ2v) is 6.18. The molecular weight excluding hydrogens is 268 g/mol. The number of nitrogen functional groups attached to an aromatic ring is 1. The van der Waals surface area contributed by atoms with Gasteiger partial charge in [0.15, 0.2) is 0 Å². The van der Waals surface area contributed by atoms with Gasteiger partial charge in [0.25, 0.3) is 0 Å². The van der Waals surface area contributed by atoms with E-state index in [1.54, 1.807) is 19.1 Å². The van der Waals surface area contributed by atoms with Gasteiger partial charge in [-0.3, -0.25) is 0 Å². The highest BCUT2D eigenvalue weighted by Gasteiger charge is 2.21. The van der Waals surface area contributed by atoms with Crippen LogP contribution in [0.2, 0.25) is 0 Å². The van der Waals surface area contributed by atoms with Crippen molar-refractivity contribution in [3.8, 4) is 0 Å². The van der Waals surface area contributed by atoms with Crippen molar-refractivity contribution in [3.63, 3.8) is 0 Å². The molecule has 0 bridgehead atoms. The lowest BCUT2D eigenvalue weighted by atomic mass is 10.2. The maximum Gasteiger partial charge on any atom is 0.240 e. The van der Waals surface area contributed by atoms with E-state index in [2.05, 4.69) is 4.72 Å². The van der Waals surface area contributed by atoms with Crippen LogP contribution in [0.1, 0.15) is 5.56 Å². The Bertz CT molecular complexity index is 539. The number of sulfonamides is 1. The number of benzene rings is 1. The molecule has 7 heteroatoms. The largest absolute Gasteiger partial charge is 0.399 e. The molecule has 2 rings (SSSR count). The topological polar surface area (TPSA) is 90.7 Å². The lowest BCUT2D eigenvalue weighted by molar-refractivity contribution is -0.0846. The molecule has 1 unspecified atom stereocenters. The van der Waals surface area contributed by atoms with E-state index in [0.29, 0.717) is 31.1 Å². The maximum atomic E-state index is 12.2. The summed E-state index contributed by atoms with van der Waals surface area (Å²) in [6, 6.07) is 4.81. The number of rotatable bonds is 4. The Morgan fingerprint density at radius 2 is 2.21 bits per heavy atom. The highest BCUT2D eigenvalue weighted by molar-refractivity contribution is 7.89. The van der Waals surface area contributed by atoms with Crippen LogP contribution in [-0.4, -0.2) is 40.9 Å². The molecule has 0 aliphatic carbocycles. The van der Waals surface area contributed by atoms with Crippen molar-refractivity contribution >= 4 is 15.7 Å². The number of hydrogen-bond donors (Lipinski definition) is 2. The van der Waals surface area contributed by atoms with Gasteiger partial charge in [-0.1, -0.05) is 6.07 Å². The summed E-state index contributed by atoms with van der Waals surface area (Å²) in [5, 5.41) is 0. The zero-order valence-electron chi connectivity index (χ0n) is 10.8. The molecule has 3 N–H and O–H groups in total. The van der Waals surface area contributed by atoms with Crippen LogP contribution in [0.4, 0.5) is 5.69 Å². The summed E-state index contributed by atoms with van der Waals surface area (Å²) in [4.78, 5) is 0.198. The van der Waals surface area contributed by atoms with Crippen LogP contribution < -0.4 is 10.5 Å². The highest BCUT2D eigenvalue weighted by atomic mass is 32.2. The summed E-state index contributed by atoms with van der Waals surface area (Å²) in [7, 11) is -3.58. The Hall–Kier alpha value is -1.15. The van der Waals surface area contributed by atoms with Gasteiger partial charge in [-0.2, -0.15) is 0 Å². The van der Waals surface area contributed by atoms with Crippen LogP contribution in [0, 0.1) is 6.92 Å². The van der Waals surface area contributed by atoms with Crippen molar-refractivity contribution < 1.29 is 17.9 Å². The van der Waals surface area contributed by atoms with Crippen LogP contribution in [0.3, 0.4) is 0 Å². The quantitative estimate of drug-likeness (QED) is 0.775. The summed E-state index contributed by atoms with van der Waals surface area (Å²) in [6.45, 7) is 3.37. The van der Waals surface area contributed by atoms with Crippen molar-refractivity contribution in [3.05, 3.63) is 23.8 Å². The zero-order chi connectivity index (χ0) is 13.9. The third kappa shape index (κ3) is 3.66. The number of nitrogens with one attached hydrogen (secondary N) is 1. The first-order valence-corrected chi connectivity index (χ1v) is 7.52. The Balaban J connectivity index is 2.07. The second-order valence-electron chi connectivity index (χ2n) is 4.44. The van der Waals surface area contributed by atoms with Crippen molar-refractivity contribution in [1.82, 2.24) is 4.72 Å². The van der Waals surface area contributed by atoms with Gasteiger partial charge in [-0.05, 0) is 24.6 Å². The minimum absolute atomic E-state index is 0.191. The predicted molar refractivity (Wildman–Crippen MR) is 71.3 cm³/mol. The Morgan fingerprint density at radius 3 is 2.89 bits per heavy atom. The summed E-state index contributed by atoms with van der Waals surface area (Å²) < 4.78 is 37.5. The van der Waals surface area contributed by atoms with Gasteiger partial charge in [0.1, 0.15) is 0 Å². The van der Waals surface area contributed by atoms with E-state index < -0.39 is 10.0 Å². The number of aryl methyl sites for hydroxylation is 1. The molecule has 0 saturated carbocycles. The fraction of sp³-hybridized carbons (Fsp3) is 0.500. The SMILES string of the molecule is Cc1ccc(N)cc1S(=O)(=O)NCC1COCCO1. The molecule has 6 nitrogen and oxygen atoms in total. The Labute approximate surface area is 112 Å². The third-order valence-electron chi connectivity index (χ3n) is 2.89. The molecular formula is C12H18N2O4S. The first-order chi connectivity index (χ1) is 8.99. The molecule has 1 heterocycles. The maximum absolute atomic E-state index is 12.2. The number of nitrogens with two attached hydrogens (primary N) is 1. The third-order valence-corrected chi connectivity index (χ3v) is 4.45. The van der Waals surface area contributed by atoms with Crippen LogP contribution in [-0.2, 0) is 19.5 Å². The number of anilines is 1. The van der Waals surface area contributed by atoms with Crippen LogP contribution in [0.5, 0.6) is 0 Å². The predicted octanol–water partition coefficient (Wildman–Crippen LogP) is 0.271. The van der Waals surface area contributed by atoms with E-state index in [1.807, 2.05) is 0 Å². The normalized spacial score (nSPS) is 20.4. The smallest absolute Gasteiger partial charge is 0.240 e. The number of ether oxygens (including phenoxy) is 2. The molecule has 0 spiro atoms. The van der Waals surface area contributed by atoms with Gasteiger partial charge in [-0.25, -0.2) is 13.1 Å². The summed E-state index contributed by atoms with van der Waals surface area (Å²) in [5.41, 5.74) is 6.70. The molecule has 19 heavy (non-hydrogen) atoms. The van der Waals surface area contributed by atoms with Gasteiger partial charge in [0, 0.05) is 12.2 Å². The summed E-state index contributed by atoms with van der Waals surface area (Å²) >= 11 is 0. The van der Waals surface area contributed by atoms with Gasteiger partial charge in [-0.15, -0.1) is 0 Å². The van der Waals surface area contributed by atoms with E-state index in [1.165, 1.54) is 6.07 Å². The van der Waals surface area contributed by atoms with E-state index in [-0.39, 0.29) is 17.5 Å².